The summed E-state index contributed by atoms with van der Waals surface area (Å²) in [4.78, 5) is 27.7. The number of fused-ring (bicyclic) bond motifs is 1. The van der Waals surface area contributed by atoms with E-state index in [1.165, 1.54) is 23.8 Å². The number of aryl methyl sites for hydroxylation is 1. The van der Waals surface area contributed by atoms with Gasteiger partial charge in [-0.3, -0.25) is 9.59 Å². The quantitative estimate of drug-likeness (QED) is 0.728. The number of carbonyl (C=O) groups excluding carboxylic acids is 2. The maximum Gasteiger partial charge on any atom is 0.230 e. The van der Waals surface area contributed by atoms with Crippen LogP contribution in [0.1, 0.15) is 25.0 Å². The van der Waals surface area contributed by atoms with Crippen LogP contribution in [0.5, 0.6) is 0 Å². The van der Waals surface area contributed by atoms with E-state index < -0.39 is 0 Å². The molecule has 3 aromatic rings. The number of rotatable bonds is 5. The van der Waals surface area contributed by atoms with Crippen LogP contribution in [0.3, 0.4) is 0 Å². The van der Waals surface area contributed by atoms with E-state index in [1.807, 2.05) is 18.2 Å². The summed E-state index contributed by atoms with van der Waals surface area (Å²) >= 11 is 1.48. The molecule has 0 bridgehead atoms. The Morgan fingerprint density at radius 1 is 1.04 bits per heavy atom. The monoisotopic (exact) mass is 353 g/mol. The molecule has 0 radical (unpaired) electrons. The molecule has 2 N–H and O–H groups in total. The molecule has 0 aliphatic carbocycles. The minimum absolute atomic E-state index is 0.109. The number of hydrogen-bond acceptors (Lipinski definition) is 4. The smallest absolute Gasteiger partial charge is 0.230 e. The fourth-order valence-electron chi connectivity index (χ4n) is 2.50. The Morgan fingerprint density at radius 3 is 2.44 bits per heavy atom. The molecule has 6 heteroatoms. The van der Waals surface area contributed by atoms with Crippen molar-refractivity contribution >= 4 is 44.2 Å². The molecular weight excluding hydrogens is 334 g/mol. The second-order valence-electron chi connectivity index (χ2n) is 5.78. The van der Waals surface area contributed by atoms with Crippen LogP contribution in [0.2, 0.25) is 0 Å². The molecule has 0 atom stereocenters. The van der Waals surface area contributed by atoms with Crippen molar-refractivity contribution in [3.05, 3.63) is 53.6 Å². The number of carbonyl (C=O) groups is 2. The zero-order valence-corrected chi connectivity index (χ0v) is 14.9. The Kier molecular flexibility index (Phi) is 5.09. The summed E-state index contributed by atoms with van der Waals surface area (Å²) < 4.78 is 1.08. The minimum Gasteiger partial charge on any atom is -0.326 e. The maximum absolute atomic E-state index is 12.2. The molecule has 128 valence electrons. The Labute approximate surface area is 150 Å². The molecule has 0 saturated carbocycles. The summed E-state index contributed by atoms with van der Waals surface area (Å²) in [6.45, 7) is 3.57. The molecule has 0 saturated heterocycles. The van der Waals surface area contributed by atoms with Crippen LogP contribution in [0.4, 0.5) is 10.8 Å². The largest absolute Gasteiger partial charge is 0.326 e. The van der Waals surface area contributed by atoms with Crippen LogP contribution in [-0.2, 0) is 22.4 Å². The highest BCUT2D eigenvalue weighted by atomic mass is 32.1. The third-order valence-corrected chi connectivity index (χ3v) is 4.68. The zero-order valence-electron chi connectivity index (χ0n) is 14.1. The molecule has 25 heavy (non-hydrogen) atoms. The molecule has 1 heterocycles. The lowest BCUT2D eigenvalue weighted by Gasteiger charge is -2.04. The molecule has 0 aliphatic heterocycles. The van der Waals surface area contributed by atoms with Crippen LogP contribution < -0.4 is 10.6 Å². The highest BCUT2D eigenvalue weighted by molar-refractivity contribution is 7.22. The van der Waals surface area contributed by atoms with Gasteiger partial charge >= 0.3 is 0 Å². The van der Waals surface area contributed by atoms with Gasteiger partial charge in [0, 0.05) is 12.6 Å². The number of hydrogen-bond donors (Lipinski definition) is 2. The van der Waals surface area contributed by atoms with E-state index >= 15 is 0 Å². The third kappa shape index (κ3) is 4.42. The van der Waals surface area contributed by atoms with Crippen molar-refractivity contribution in [1.82, 2.24) is 4.98 Å². The van der Waals surface area contributed by atoms with E-state index in [0.717, 1.165) is 27.9 Å². The molecule has 0 fully saturated rings. The molecule has 1 aromatic heterocycles. The van der Waals surface area contributed by atoms with E-state index in [0.29, 0.717) is 5.13 Å². The fourth-order valence-corrected chi connectivity index (χ4v) is 3.45. The molecule has 2 aromatic carbocycles. The zero-order chi connectivity index (χ0) is 17.8. The number of nitrogens with zero attached hydrogens (tertiary/aromatic N) is 1. The van der Waals surface area contributed by atoms with Crippen molar-refractivity contribution in [3.8, 4) is 0 Å². The Hall–Kier alpha value is -2.73. The lowest BCUT2D eigenvalue weighted by molar-refractivity contribution is -0.116. The molecule has 3 rings (SSSR count). The normalized spacial score (nSPS) is 10.6. The summed E-state index contributed by atoms with van der Waals surface area (Å²) in [7, 11) is 0. The first-order valence-electron chi connectivity index (χ1n) is 8.09. The van der Waals surface area contributed by atoms with Gasteiger partial charge in [-0.15, -0.1) is 0 Å². The molecule has 0 unspecified atom stereocenters. The summed E-state index contributed by atoms with van der Waals surface area (Å²) in [6, 6.07) is 13.4. The predicted molar refractivity (Wildman–Crippen MR) is 102 cm³/mol. The SMILES string of the molecule is CCc1ccc2nc(NC(=O)Cc3ccc(NC(C)=O)cc3)sc2c1. The van der Waals surface area contributed by atoms with Crippen molar-refractivity contribution < 1.29 is 9.59 Å². The molecule has 2 amide bonds. The van der Waals surface area contributed by atoms with Gasteiger partial charge in [-0.05, 0) is 41.8 Å². The van der Waals surface area contributed by atoms with Crippen molar-refractivity contribution in [1.29, 1.82) is 0 Å². The van der Waals surface area contributed by atoms with Gasteiger partial charge in [0.25, 0.3) is 0 Å². The Bertz CT molecular complexity index is 916. The van der Waals surface area contributed by atoms with Gasteiger partial charge in [-0.25, -0.2) is 4.98 Å². The highest BCUT2D eigenvalue weighted by Gasteiger charge is 2.09. The highest BCUT2D eigenvalue weighted by Crippen LogP contribution is 2.27. The summed E-state index contributed by atoms with van der Waals surface area (Å²) in [5.41, 5.74) is 3.75. The minimum atomic E-state index is -0.118. The van der Waals surface area contributed by atoms with Crippen LogP contribution >= 0.6 is 11.3 Å². The number of aromatic nitrogens is 1. The third-order valence-electron chi connectivity index (χ3n) is 3.75. The second-order valence-corrected chi connectivity index (χ2v) is 6.81. The van der Waals surface area contributed by atoms with Gasteiger partial charge in [0.05, 0.1) is 16.6 Å². The van der Waals surface area contributed by atoms with Gasteiger partial charge in [0.15, 0.2) is 5.13 Å². The van der Waals surface area contributed by atoms with Crippen molar-refractivity contribution in [2.24, 2.45) is 0 Å². The number of amides is 2. The Balaban J connectivity index is 1.65. The van der Waals surface area contributed by atoms with Gasteiger partial charge in [0.1, 0.15) is 0 Å². The topological polar surface area (TPSA) is 71.1 Å². The first-order chi connectivity index (χ1) is 12.0. The van der Waals surface area contributed by atoms with Crippen molar-refractivity contribution in [2.75, 3.05) is 10.6 Å². The average Bonchev–Trinajstić information content (AvgIpc) is 2.97. The van der Waals surface area contributed by atoms with Crippen LogP contribution in [0.15, 0.2) is 42.5 Å². The van der Waals surface area contributed by atoms with E-state index in [-0.39, 0.29) is 18.2 Å². The summed E-state index contributed by atoms with van der Waals surface area (Å²) in [5.74, 6) is -0.227. The first kappa shape index (κ1) is 17.1. The number of nitrogens with one attached hydrogen (secondary N) is 2. The van der Waals surface area contributed by atoms with Crippen LogP contribution in [-0.4, -0.2) is 16.8 Å². The first-order valence-corrected chi connectivity index (χ1v) is 8.91. The van der Waals surface area contributed by atoms with Gasteiger partial charge < -0.3 is 10.6 Å². The van der Waals surface area contributed by atoms with Crippen molar-refractivity contribution in [3.63, 3.8) is 0 Å². The number of thiazole rings is 1. The second kappa shape index (κ2) is 7.44. The maximum atomic E-state index is 12.2. The van der Waals surface area contributed by atoms with Crippen LogP contribution in [0, 0.1) is 0 Å². The fraction of sp³-hybridized carbons (Fsp3) is 0.211. The standard InChI is InChI=1S/C19H19N3O2S/c1-3-13-6-9-16-17(10-13)25-19(21-16)22-18(24)11-14-4-7-15(8-5-14)20-12(2)23/h4-10H,3,11H2,1-2H3,(H,20,23)(H,21,22,24). The number of benzene rings is 2. The molecule has 5 nitrogen and oxygen atoms in total. The van der Waals surface area contributed by atoms with E-state index in [2.05, 4.69) is 34.7 Å². The Morgan fingerprint density at radius 2 is 1.76 bits per heavy atom. The number of anilines is 2. The molecule has 0 spiro atoms. The van der Waals surface area contributed by atoms with E-state index in [9.17, 15) is 9.59 Å². The van der Waals surface area contributed by atoms with Crippen molar-refractivity contribution in [2.45, 2.75) is 26.7 Å². The molecular formula is C19H19N3O2S. The van der Waals surface area contributed by atoms with Gasteiger partial charge in [0.2, 0.25) is 11.8 Å². The van der Waals surface area contributed by atoms with Crippen LogP contribution in [0.25, 0.3) is 10.2 Å². The average molecular weight is 353 g/mol. The summed E-state index contributed by atoms with van der Waals surface area (Å²) in [6.07, 6.45) is 1.24. The lowest BCUT2D eigenvalue weighted by atomic mass is 10.1. The molecule has 0 aliphatic rings. The lowest BCUT2D eigenvalue weighted by Crippen LogP contribution is -2.14. The summed E-state index contributed by atoms with van der Waals surface area (Å²) in [5, 5.41) is 6.18. The van der Waals surface area contributed by atoms with Gasteiger partial charge in [-0.2, -0.15) is 0 Å². The van der Waals surface area contributed by atoms with E-state index in [1.54, 1.807) is 12.1 Å². The van der Waals surface area contributed by atoms with E-state index in [4.69, 9.17) is 0 Å². The predicted octanol–water partition coefficient (Wildman–Crippen LogP) is 4.00. The van der Waals surface area contributed by atoms with Gasteiger partial charge in [-0.1, -0.05) is 36.5 Å².